The summed E-state index contributed by atoms with van der Waals surface area (Å²) in [7, 11) is 0. The fraction of sp³-hybridized carbons (Fsp3) is 0.455. The second-order valence-corrected chi connectivity index (χ2v) is 13.0. The monoisotopic (exact) mass is 608 g/mol. The molecule has 41 heavy (non-hydrogen) atoms. The lowest BCUT2D eigenvalue weighted by Crippen LogP contribution is -2.46. The average molecular weight is 609 g/mol. The Morgan fingerprint density at radius 2 is 1.78 bits per heavy atom. The highest BCUT2D eigenvalue weighted by Gasteiger charge is 2.30. The molecular weight excluding hydrogens is 568 g/mol. The molecule has 1 aromatic carbocycles. The van der Waals surface area contributed by atoms with Gasteiger partial charge in [-0.25, -0.2) is 4.68 Å². The Bertz CT molecular complexity index is 1380. The van der Waals surface area contributed by atoms with E-state index < -0.39 is 0 Å². The first-order valence-corrected chi connectivity index (χ1v) is 17.4. The highest BCUT2D eigenvalue weighted by Crippen LogP contribution is 2.39. The van der Waals surface area contributed by atoms with E-state index in [9.17, 15) is 4.79 Å². The largest absolute Gasteiger partial charge is 0.337 e. The zero-order chi connectivity index (χ0) is 28.8. The quantitative estimate of drug-likeness (QED) is 0.281. The van der Waals surface area contributed by atoms with Crippen molar-refractivity contribution >= 4 is 40.6 Å². The molecule has 0 bridgehead atoms. The normalized spacial score (nSPS) is 20.0. The van der Waals surface area contributed by atoms with Crippen LogP contribution in [0.5, 0.6) is 0 Å². The number of hydrogen-bond acceptors (Lipinski definition) is 5. The number of hydrogen-bond donors (Lipinski definition) is 0. The number of rotatable bonds is 6. The number of nitrogens with zero attached hydrogens (tertiary/aromatic N) is 4. The molecule has 8 heteroatoms. The first kappa shape index (κ1) is 30.1. The number of para-hydroxylation sites is 1. The van der Waals surface area contributed by atoms with Gasteiger partial charge in [0.2, 0.25) is 0 Å². The van der Waals surface area contributed by atoms with Gasteiger partial charge in [-0.1, -0.05) is 55.8 Å². The van der Waals surface area contributed by atoms with Crippen molar-refractivity contribution in [3.05, 3.63) is 81.2 Å². The summed E-state index contributed by atoms with van der Waals surface area (Å²) >= 11 is 10.2. The number of piperidine rings is 1. The number of thioether (sulfide) groups is 1. The number of amides is 1. The molecule has 1 aliphatic carbocycles. The van der Waals surface area contributed by atoms with E-state index in [0.29, 0.717) is 22.7 Å². The van der Waals surface area contributed by atoms with Crippen LogP contribution in [0.1, 0.15) is 73.7 Å². The Labute approximate surface area is 258 Å². The summed E-state index contributed by atoms with van der Waals surface area (Å²) in [6.45, 7) is 7.99. The SMILES string of the molecule is CC.CSC1=CC(c2ccc(-c3cc(C(=O)N4CCC(N5CCCC5)CC4)nn3-c3ccccc3Cl)s2)CCC=C1. The van der Waals surface area contributed by atoms with Gasteiger partial charge in [-0.05, 0) is 88.2 Å². The molecule has 6 rings (SSSR count). The van der Waals surface area contributed by atoms with Crippen molar-refractivity contribution in [2.75, 3.05) is 32.4 Å². The third-order valence-electron chi connectivity index (χ3n) is 8.19. The first-order chi connectivity index (χ1) is 20.1. The van der Waals surface area contributed by atoms with E-state index in [2.05, 4.69) is 41.5 Å². The van der Waals surface area contributed by atoms with Gasteiger partial charge in [0.1, 0.15) is 0 Å². The van der Waals surface area contributed by atoms with Crippen molar-refractivity contribution in [2.24, 2.45) is 0 Å². The Balaban J connectivity index is 0.00000165. The van der Waals surface area contributed by atoms with E-state index in [4.69, 9.17) is 16.7 Å². The van der Waals surface area contributed by atoms with E-state index in [-0.39, 0.29) is 5.91 Å². The van der Waals surface area contributed by atoms with Crippen molar-refractivity contribution in [3.63, 3.8) is 0 Å². The predicted molar refractivity (Wildman–Crippen MR) is 176 cm³/mol. The number of benzene rings is 1. The highest BCUT2D eigenvalue weighted by atomic mass is 35.5. The van der Waals surface area contributed by atoms with Crippen molar-refractivity contribution in [2.45, 2.75) is 64.3 Å². The zero-order valence-electron chi connectivity index (χ0n) is 24.4. The molecule has 2 aromatic heterocycles. The number of likely N-dealkylation sites (tertiary alicyclic amines) is 2. The maximum absolute atomic E-state index is 13.7. The molecule has 1 unspecified atom stereocenters. The summed E-state index contributed by atoms with van der Waals surface area (Å²) in [4.78, 5) is 22.0. The van der Waals surface area contributed by atoms with Crippen LogP contribution in [-0.2, 0) is 0 Å². The van der Waals surface area contributed by atoms with Crippen LogP contribution in [0, 0.1) is 0 Å². The van der Waals surface area contributed by atoms with Crippen LogP contribution in [0.2, 0.25) is 5.02 Å². The average Bonchev–Trinajstić information content (AvgIpc) is 3.78. The van der Waals surface area contributed by atoms with Crippen molar-refractivity contribution in [3.8, 4) is 16.3 Å². The molecule has 1 atom stereocenters. The van der Waals surface area contributed by atoms with Gasteiger partial charge in [0.25, 0.3) is 5.91 Å². The van der Waals surface area contributed by atoms with Crippen molar-refractivity contribution in [1.82, 2.24) is 19.6 Å². The van der Waals surface area contributed by atoms with Crippen LogP contribution in [-0.4, -0.2) is 64.0 Å². The minimum atomic E-state index is 0.0149. The molecule has 1 amide bonds. The highest BCUT2D eigenvalue weighted by molar-refractivity contribution is 8.02. The zero-order valence-corrected chi connectivity index (χ0v) is 26.8. The summed E-state index contributed by atoms with van der Waals surface area (Å²) < 4.78 is 1.86. The fourth-order valence-corrected chi connectivity index (χ4v) is 7.90. The van der Waals surface area contributed by atoms with Crippen LogP contribution in [0.15, 0.2) is 65.6 Å². The minimum absolute atomic E-state index is 0.0149. The fourth-order valence-electron chi connectivity index (χ4n) is 6.03. The molecule has 0 saturated carbocycles. The summed E-state index contributed by atoms with van der Waals surface area (Å²) in [5.74, 6) is 0.400. The van der Waals surface area contributed by atoms with Crippen LogP contribution in [0.3, 0.4) is 0 Å². The lowest BCUT2D eigenvalue weighted by atomic mass is 10.0. The second-order valence-electron chi connectivity index (χ2n) is 10.6. The molecular formula is C33H41ClN4OS2. The molecule has 2 saturated heterocycles. The maximum Gasteiger partial charge on any atom is 0.274 e. The van der Waals surface area contributed by atoms with Gasteiger partial charge in [0.15, 0.2) is 5.69 Å². The number of halogens is 1. The van der Waals surface area contributed by atoms with Crippen LogP contribution in [0.4, 0.5) is 0 Å². The topological polar surface area (TPSA) is 41.4 Å². The predicted octanol–water partition coefficient (Wildman–Crippen LogP) is 8.66. The standard InChI is InChI=1S/C31H35ClN4OS2.C2H6/c1-38-24-9-3-2-8-22(20-24)29-12-13-30(39-29)28-21-26(33-36(28)27-11-5-4-10-25(27)32)31(37)35-18-14-23(15-19-35)34-16-6-7-17-34;1-2/h3-5,9-13,20-23H,2,6-8,14-19H2,1H3;1-2H3. The summed E-state index contributed by atoms with van der Waals surface area (Å²) in [5, 5.41) is 5.48. The number of carbonyl (C=O) groups is 1. The molecule has 3 aromatic rings. The smallest absolute Gasteiger partial charge is 0.274 e. The lowest BCUT2D eigenvalue weighted by Gasteiger charge is -2.36. The van der Waals surface area contributed by atoms with Gasteiger partial charge in [-0.3, -0.25) is 4.79 Å². The van der Waals surface area contributed by atoms with E-state index in [1.54, 1.807) is 23.1 Å². The molecule has 0 radical (unpaired) electrons. The molecule has 3 aliphatic rings. The number of carbonyl (C=O) groups excluding carboxylic acids is 1. The Kier molecular flexibility index (Phi) is 10.5. The van der Waals surface area contributed by atoms with E-state index in [1.807, 2.05) is 53.8 Å². The maximum atomic E-state index is 13.7. The second kappa shape index (κ2) is 14.2. The molecule has 218 valence electrons. The number of aromatic nitrogens is 2. The van der Waals surface area contributed by atoms with Crippen LogP contribution in [0.25, 0.3) is 16.3 Å². The molecule has 4 heterocycles. The third-order valence-corrected chi connectivity index (χ3v) is 10.5. The van der Waals surface area contributed by atoms with E-state index in [0.717, 1.165) is 55.0 Å². The number of allylic oxidation sites excluding steroid dienone is 3. The molecule has 0 spiro atoms. The molecule has 0 N–H and O–H groups in total. The lowest BCUT2D eigenvalue weighted by molar-refractivity contribution is 0.0638. The summed E-state index contributed by atoms with van der Waals surface area (Å²) in [6.07, 6.45) is 15.9. The van der Waals surface area contributed by atoms with Gasteiger partial charge in [-0.15, -0.1) is 23.1 Å². The van der Waals surface area contributed by atoms with Crippen molar-refractivity contribution < 1.29 is 4.79 Å². The van der Waals surface area contributed by atoms with Crippen LogP contribution < -0.4 is 0 Å². The van der Waals surface area contributed by atoms with Gasteiger partial charge in [0, 0.05) is 34.8 Å². The Morgan fingerprint density at radius 1 is 1.02 bits per heavy atom. The van der Waals surface area contributed by atoms with Crippen molar-refractivity contribution in [1.29, 1.82) is 0 Å². The van der Waals surface area contributed by atoms with Gasteiger partial charge in [-0.2, -0.15) is 5.10 Å². The minimum Gasteiger partial charge on any atom is -0.337 e. The Hall–Kier alpha value is -2.32. The third kappa shape index (κ3) is 6.85. The Morgan fingerprint density at radius 3 is 2.51 bits per heavy atom. The van der Waals surface area contributed by atoms with E-state index >= 15 is 0 Å². The summed E-state index contributed by atoms with van der Waals surface area (Å²) in [5.41, 5.74) is 2.19. The van der Waals surface area contributed by atoms with Gasteiger partial charge in [0.05, 0.1) is 21.3 Å². The molecule has 2 fully saturated rings. The molecule has 2 aliphatic heterocycles. The molecule has 5 nitrogen and oxygen atoms in total. The van der Waals surface area contributed by atoms with Crippen LogP contribution >= 0.6 is 34.7 Å². The van der Waals surface area contributed by atoms with Gasteiger partial charge >= 0.3 is 0 Å². The van der Waals surface area contributed by atoms with E-state index in [1.165, 1.54) is 35.7 Å². The first-order valence-electron chi connectivity index (χ1n) is 15.0. The summed E-state index contributed by atoms with van der Waals surface area (Å²) in [6, 6.07) is 14.7. The van der Waals surface area contributed by atoms with Gasteiger partial charge < -0.3 is 9.80 Å². The number of thiophene rings is 1.